The first-order valence-corrected chi connectivity index (χ1v) is 12.3. The molecule has 0 spiro atoms. The largest absolute Gasteiger partial charge is 0.379 e. The fourth-order valence-corrected chi connectivity index (χ4v) is 3.82. The smallest absolute Gasteiger partial charge is 0.253 e. The fourth-order valence-electron chi connectivity index (χ4n) is 3.20. The Bertz CT molecular complexity index is 812. The topological polar surface area (TPSA) is 128 Å². The predicted molar refractivity (Wildman–Crippen MR) is 127 cm³/mol. The molecule has 0 aromatic heterocycles. The molecule has 0 heterocycles. The number of hydroxylamine groups is 1. The Morgan fingerprint density at radius 3 is 2.31 bits per heavy atom. The van der Waals surface area contributed by atoms with E-state index >= 15 is 0 Å². The Morgan fingerprint density at radius 2 is 1.78 bits per heavy atom. The van der Waals surface area contributed by atoms with Gasteiger partial charge >= 0.3 is 0 Å². The van der Waals surface area contributed by atoms with Gasteiger partial charge in [-0.15, -0.1) is 0 Å². The van der Waals surface area contributed by atoms with Crippen LogP contribution in [-0.4, -0.2) is 58.2 Å². The van der Waals surface area contributed by atoms with Gasteiger partial charge in [0.15, 0.2) is 5.60 Å². The number of thioether (sulfide) groups is 1. The van der Waals surface area contributed by atoms with Gasteiger partial charge in [-0.3, -0.25) is 19.6 Å². The molecule has 0 bridgehead atoms. The van der Waals surface area contributed by atoms with Gasteiger partial charge in [-0.2, -0.15) is 11.8 Å². The van der Waals surface area contributed by atoms with Crippen LogP contribution in [-0.2, 0) is 20.8 Å². The third-order valence-electron chi connectivity index (χ3n) is 4.98. The molecule has 0 aliphatic rings. The Kier molecular flexibility index (Phi) is 11.8. The predicted octanol–water partition coefficient (Wildman–Crippen LogP) is 2.42. The maximum Gasteiger partial charge on any atom is 0.253 e. The van der Waals surface area contributed by atoms with E-state index in [0.717, 1.165) is 0 Å². The number of hydrogen-bond acceptors (Lipinski definition) is 6. The van der Waals surface area contributed by atoms with E-state index < -0.39 is 35.3 Å². The second-order valence-electron chi connectivity index (χ2n) is 7.98. The number of nitrogens with one attached hydrogen (secondary N) is 3. The van der Waals surface area contributed by atoms with Crippen molar-refractivity contribution >= 4 is 52.7 Å². The number of amides is 3. The molecule has 0 aliphatic heterocycles. The summed E-state index contributed by atoms with van der Waals surface area (Å²) in [5.74, 6) is -2.96. The quantitative estimate of drug-likeness (QED) is 0.168. The lowest BCUT2D eigenvalue weighted by atomic mass is 9.80. The van der Waals surface area contributed by atoms with Crippen molar-refractivity contribution in [1.82, 2.24) is 16.1 Å². The summed E-state index contributed by atoms with van der Waals surface area (Å²) in [5, 5.41) is 26.1. The second-order valence-corrected chi connectivity index (χ2v) is 9.78. The fraction of sp³-hybridized carbons (Fsp3) is 0.571. The van der Waals surface area contributed by atoms with Crippen molar-refractivity contribution in [2.45, 2.75) is 45.3 Å². The van der Waals surface area contributed by atoms with Crippen molar-refractivity contribution in [2.75, 3.05) is 18.6 Å². The minimum absolute atomic E-state index is 0.0546. The molecule has 1 rings (SSSR count). The summed E-state index contributed by atoms with van der Waals surface area (Å²) in [6.45, 7) is 5.29. The molecule has 0 radical (unpaired) electrons. The Labute approximate surface area is 202 Å². The summed E-state index contributed by atoms with van der Waals surface area (Å²) >= 11 is 13.6. The van der Waals surface area contributed by atoms with Crippen molar-refractivity contribution in [3.8, 4) is 0 Å². The van der Waals surface area contributed by atoms with E-state index in [1.807, 2.05) is 6.26 Å². The first kappa shape index (κ1) is 28.5. The number of aliphatic hydroxyl groups is 1. The lowest BCUT2D eigenvalue weighted by Gasteiger charge is -2.34. The first-order valence-electron chi connectivity index (χ1n) is 10.1. The summed E-state index contributed by atoms with van der Waals surface area (Å²) in [6, 6.07) is 3.84. The number of benzene rings is 1. The maximum absolute atomic E-state index is 13.2. The molecule has 1 aromatic rings. The third kappa shape index (κ3) is 8.12. The van der Waals surface area contributed by atoms with Crippen molar-refractivity contribution in [1.29, 1.82) is 0 Å². The van der Waals surface area contributed by atoms with Gasteiger partial charge in [-0.05, 0) is 36.3 Å². The van der Waals surface area contributed by atoms with E-state index in [0.29, 0.717) is 27.9 Å². The average Bonchev–Trinajstić information content (AvgIpc) is 2.74. The maximum atomic E-state index is 13.2. The Hall–Kier alpha value is -1.52. The summed E-state index contributed by atoms with van der Waals surface area (Å²) in [7, 11) is 0. The molecule has 180 valence electrons. The highest BCUT2D eigenvalue weighted by Crippen LogP contribution is 2.27. The van der Waals surface area contributed by atoms with Crippen LogP contribution in [0.25, 0.3) is 0 Å². The molecule has 5 N–H and O–H groups in total. The first-order chi connectivity index (χ1) is 15.0. The highest BCUT2D eigenvalue weighted by atomic mass is 35.5. The van der Waals surface area contributed by atoms with Crippen molar-refractivity contribution in [2.24, 2.45) is 11.8 Å². The third-order valence-corrected chi connectivity index (χ3v) is 6.33. The van der Waals surface area contributed by atoms with Gasteiger partial charge in [0.05, 0.1) is 16.0 Å². The summed E-state index contributed by atoms with van der Waals surface area (Å²) in [6.07, 6.45) is 1.94. The van der Waals surface area contributed by atoms with Crippen molar-refractivity contribution in [3.05, 3.63) is 33.8 Å². The van der Waals surface area contributed by atoms with Crippen LogP contribution in [0.15, 0.2) is 18.2 Å². The number of halogens is 2. The Morgan fingerprint density at radius 1 is 1.12 bits per heavy atom. The molecule has 0 unspecified atom stereocenters. The van der Waals surface area contributed by atoms with Crippen LogP contribution >= 0.6 is 35.0 Å². The minimum Gasteiger partial charge on any atom is -0.379 e. The van der Waals surface area contributed by atoms with Gasteiger partial charge in [-0.1, -0.05) is 50.0 Å². The van der Waals surface area contributed by atoms with E-state index in [2.05, 4.69) is 10.6 Å². The lowest BCUT2D eigenvalue weighted by molar-refractivity contribution is -0.159. The van der Waals surface area contributed by atoms with Gasteiger partial charge in [0.2, 0.25) is 11.8 Å². The van der Waals surface area contributed by atoms with E-state index in [-0.39, 0.29) is 18.8 Å². The lowest BCUT2D eigenvalue weighted by Crippen LogP contribution is -2.60. The monoisotopic (exact) mass is 507 g/mol. The van der Waals surface area contributed by atoms with Crippen LogP contribution < -0.4 is 16.1 Å². The van der Waals surface area contributed by atoms with E-state index in [9.17, 15) is 19.5 Å². The summed E-state index contributed by atoms with van der Waals surface area (Å²) < 4.78 is 0. The van der Waals surface area contributed by atoms with Gasteiger partial charge in [0.25, 0.3) is 5.91 Å². The van der Waals surface area contributed by atoms with Crippen LogP contribution in [0.5, 0.6) is 0 Å². The van der Waals surface area contributed by atoms with E-state index in [1.54, 1.807) is 43.8 Å². The van der Waals surface area contributed by atoms with Crippen LogP contribution in [0, 0.1) is 11.8 Å². The highest BCUT2D eigenvalue weighted by molar-refractivity contribution is 7.98. The van der Waals surface area contributed by atoms with Gasteiger partial charge in [0.1, 0.15) is 6.04 Å². The van der Waals surface area contributed by atoms with E-state index in [1.165, 1.54) is 12.4 Å². The van der Waals surface area contributed by atoms with Gasteiger partial charge < -0.3 is 15.7 Å². The molecule has 0 saturated heterocycles. The molecule has 0 saturated carbocycles. The van der Waals surface area contributed by atoms with Gasteiger partial charge in [0, 0.05) is 18.7 Å². The molecule has 8 nitrogen and oxygen atoms in total. The van der Waals surface area contributed by atoms with Crippen LogP contribution in [0.1, 0.15) is 32.8 Å². The molecule has 11 heteroatoms. The van der Waals surface area contributed by atoms with Gasteiger partial charge in [-0.25, -0.2) is 5.48 Å². The summed E-state index contributed by atoms with van der Waals surface area (Å²) in [4.78, 5) is 38.0. The number of rotatable bonds is 12. The molecular formula is C21H31Cl2N3O5S. The molecule has 32 heavy (non-hydrogen) atoms. The van der Waals surface area contributed by atoms with E-state index in [4.69, 9.17) is 28.4 Å². The second kappa shape index (κ2) is 13.3. The normalized spacial score (nSPS) is 14.9. The number of carbonyl (C=O) groups excluding carboxylic acids is 3. The SMILES string of the molecule is CSCCNC(=O)[C@H](Cc1ccc(Cl)c(Cl)c1)NC(=O)[C@](O)(CC(C)C)[C@H](C)C(=O)NO. The minimum atomic E-state index is -2.14. The van der Waals surface area contributed by atoms with Crippen LogP contribution in [0.4, 0.5) is 0 Å². The Balaban J connectivity index is 3.20. The zero-order valence-electron chi connectivity index (χ0n) is 18.6. The van der Waals surface area contributed by atoms with Crippen LogP contribution in [0.2, 0.25) is 10.0 Å². The average molecular weight is 508 g/mol. The molecular weight excluding hydrogens is 477 g/mol. The number of hydrogen-bond donors (Lipinski definition) is 5. The standard InChI is InChI=1S/C21H31Cl2N3O5S/c1-12(2)11-21(30,13(3)18(27)26-31)20(29)25-17(19(28)24-7-8-32-4)10-14-5-6-15(22)16(23)9-14/h5-6,9,12-13,17,30-31H,7-8,10-11H2,1-4H3,(H,24,28)(H,25,29)(H,26,27)/t13-,17+,21+/m1/s1. The van der Waals surface area contributed by atoms with Crippen molar-refractivity contribution < 1.29 is 24.7 Å². The van der Waals surface area contributed by atoms with Crippen LogP contribution in [0.3, 0.4) is 0 Å². The molecule has 0 aliphatic carbocycles. The number of carbonyl (C=O) groups is 3. The molecule has 1 aromatic carbocycles. The molecule has 0 fully saturated rings. The highest BCUT2D eigenvalue weighted by Gasteiger charge is 2.46. The molecule has 3 atom stereocenters. The molecule has 3 amide bonds. The zero-order chi connectivity index (χ0) is 24.5. The summed E-state index contributed by atoms with van der Waals surface area (Å²) in [5.41, 5.74) is -0.0187. The van der Waals surface area contributed by atoms with Crippen molar-refractivity contribution in [3.63, 3.8) is 0 Å². The zero-order valence-corrected chi connectivity index (χ0v) is 20.9.